The first-order valence-electron chi connectivity index (χ1n) is 6.30. The van der Waals surface area contributed by atoms with E-state index in [9.17, 15) is 8.78 Å². The Kier molecular flexibility index (Phi) is 3.41. The van der Waals surface area contributed by atoms with E-state index in [0.29, 0.717) is 31.3 Å². The summed E-state index contributed by atoms with van der Waals surface area (Å²) in [5.74, 6) is 0.423. The van der Waals surface area contributed by atoms with Crippen LogP contribution in [-0.2, 0) is 6.54 Å². The van der Waals surface area contributed by atoms with Gasteiger partial charge in [0.15, 0.2) is 11.5 Å². The van der Waals surface area contributed by atoms with Crippen LogP contribution < -0.4 is 14.8 Å². The zero-order valence-corrected chi connectivity index (χ0v) is 10.7. The summed E-state index contributed by atoms with van der Waals surface area (Å²) >= 11 is 0. The molecule has 1 N–H and O–H groups in total. The quantitative estimate of drug-likeness (QED) is 0.933. The van der Waals surface area contributed by atoms with Crippen LogP contribution >= 0.6 is 0 Å². The highest BCUT2D eigenvalue weighted by Crippen LogP contribution is 2.31. The van der Waals surface area contributed by atoms with Crippen LogP contribution in [-0.4, -0.2) is 13.2 Å². The number of hydrogen-bond donors (Lipinski definition) is 1. The van der Waals surface area contributed by atoms with Gasteiger partial charge in [0.25, 0.3) is 0 Å². The van der Waals surface area contributed by atoms with Crippen molar-refractivity contribution >= 4 is 5.69 Å². The molecule has 1 aliphatic rings. The van der Waals surface area contributed by atoms with Crippen LogP contribution in [0.15, 0.2) is 36.4 Å². The lowest BCUT2D eigenvalue weighted by molar-refractivity contribution is 0.171. The van der Waals surface area contributed by atoms with Gasteiger partial charge >= 0.3 is 0 Å². The minimum Gasteiger partial charge on any atom is -0.486 e. The van der Waals surface area contributed by atoms with Gasteiger partial charge < -0.3 is 14.8 Å². The first-order chi connectivity index (χ1) is 9.72. The van der Waals surface area contributed by atoms with E-state index >= 15 is 0 Å². The Morgan fingerprint density at radius 1 is 0.950 bits per heavy atom. The molecule has 0 fully saturated rings. The Labute approximate surface area is 115 Å². The zero-order valence-electron chi connectivity index (χ0n) is 10.7. The molecule has 0 aliphatic carbocycles. The molecule has 104 valence electrons. The lowest BCUT2D eigenvalue weighted by Crippen LogP contribution is -2.15. The zero-order chi connectivity index (χ0) is 13.9. The van der Waals surface area contributed by atoms with Gasteiger partial charge in [-0.25, -0.2) is 8.78 Å². The van der Waals surface area contributed by atoms with Gasteiger partial charge in [-0.1, -0.05) is 6.07 Å². The van der Waals surface area contributed by atoms with E-state index in [2.05, 4.69) is 5.32 Å². The minimum atomic E-state index is -0.482. The molecule has 20 heavy (non-hydrogen) atoms. The van der Waals surface area contributed by atoms with E-state index in [0.717, 1.165) is 23.8 Å². The van der Waals surface area contributed by atoms with Crippen molar-refractivity contribution in [2.24, 2.45) is 0 Å². The minimum absolute atomic E-state index is 0.139. The molecule has 2 aromatic rings. The fourth-order valence-corrected chi connectivity index (χ4v) is 2.03. The van der Waals surface area contributed by atoms with Crippen LogP contribution in [0.25, 0.3) is 0 Å². The van der Waals surface area contributed by atoms with Gasteiger partial charge in [0.1, 0.15) is 24.8 Å². The molecule has 3 nitrogen and oxygen atoms in total. The van der Waals surface area contributed by atoms with Gasteiger partial charge in [-0.2, -0.15) is 0 Å². The van der Waals surface area contributed by atoms with Crippen LogP contribution in [0.1, 0.15) is 5.56 Å². The number of halogens is 2. The summed E-state index contributed by atoms with van der Waals surface area (Å²) in [4.78, 5) is 0. The monoisotopic (exact) mass is 277 g/mol. The number of rotatable bonds is 3. The third-order valence-electron chi connectivity index (χ3n) is 3.02. The second-order valence-electron chi connectivity index (χ2n) is 4.46. The SMILES string of the molecule is Fc1ccc(F)c(NCc2ccc3c(c2)OCCO3)c1. The van der Waals surface area contributed by atoms with Gasteiger partial charge in [-0.3, -0.25) is 0 Å². The largest absolute Gasteiger partial charge is 0.486 e. The maximum atomic E-state index is 13.5. The van der Waals surface area contributed by atoms with Crippen molar-refractivity contribution in [3.8, 4) is 11.5 Å². The van der Waals surface area contributed by atoms with Crippen LogP contribution in [0.3, 0.4) is 0 Å². The second kappa shape index (κ2) is 5.36. The Hall–Kier alpha value is -2.30. The van der Waals surface area contributed by atoms with Gasteiger partial charge in [0.05, 0.1) is 5.69 Å². The molecule has 0 atom stereocenters. The van der Waals surface area contributed by atoms with E-state index in [1.807, 2.05) is 18.2 Å². The van der Waals surface area contributed by atoms with Gasteiger partial charge in [-0.05, 0) is 35.9 Å². The molecule has 0 bridgehead atoms. The molecule has 3 rings (SSSR count). The summed E-state index contributed by atoms with van der Waals surface area (Å²) in [6, 6.07) is 8.82. The van der Waals surface area contributed by atoms with Crippen molar-refractivity contribution in [2.45, 2.75) is 6.54 Å². The third kappa shape index (κ3) is 2.66. The molecule has 5 heteroatoms. The predicted octanol–water partition coefficient (Wildman–Crippen LogP) is 3.35. The molecule has 0 amide bonds. The standard InChI is InChI=1S/C15H13F2NO2/c16-11-2-3-12(17)13(8-11)18-9-10-1-4-14-15(7-10)20-6-5-19-14/h1-4,7-8,18H,5-6,9H2. The van der Waals surface area contributed by atoms with Crippen LogP contribution in [0.2, 0.25) is 0 Å². The highest BCUT2D eigenvalue weighted by Gasteiger charge is 2.11. The second-order valence-corrected chi connectivity index (χ2v) is 4.46. The Bertz CT molecular complexity index is 631. The van der Waals surface area contributed by atoms with E-state index in [-0.39, 0.29) is 5.69 Å². The van der Waals surface area contributed by atoms with Crippen LogP contribution in [0, 0.1) is 11.6 Å². The van der Waals surface area contributed by atoms with Crippen molar-refractivity contribution < 1.29 is 18.3 Å². The molecule has 0 aromatic heterocycles. The normalized spacial score (nSPS) is 13.1. The molecule has 0 saturated carbocycles. The van der Waals surface area contributed by atoms with Gasteiger partial charge in [0.2, 0.25) is 0 Å². The molecule has 1 aliphatic heterocycles. The van der Waals surface area contributed by atoms with E-state index < -0.39 is 11.6 Å². The smallest absolute Gasteiger partial charge is 0.161 e. The Morgan fingerprint density at radius 3 is 2.60 bits per heavy atom. The fraction of sp³-hybridized carbons (Fsp3) is 0.200. The van der Waals surface area contributed by atoms with Crippen molar-refractivity contribution in [1.29, 1.82) is 0 Å². The molecule has 1 heterocycles. The van der Waals surface area contributed by atoms with Crippen molar-refractivity contribution in [1.82, 2.24) is 0 Å². The van der Waals surface area contributed by atoms with Crippen molar-refractivity contribution in [2.75, 3.05) is 18.5 Å². The summed E-state index contributed by atoms with van der Waals surface area (Å²) in [6.45, 7) is 1.43. The number of benzene rings is 2. The summed E-state index contributed by atoms with van der Waals surface area (Å²) in [5.41, 5.74) is 1.04. The summed E-state index contributed by atoms with van der Waals surface area (Å²) in [5, 5.41) is 2.87. The summed E-state index contributed by atoms with van der Waals surface area (Å²) < 4.78 is 37.4. The Balaban J connectivity index is 1.73. The molecular formula is C15H13F2NO2. The lowest BCUT2D eigenvalue weighted by Gasteiger charge is -2.19. The molecule has 2 aromatic carbocycles. The molecule has 0 unspecified atom stereocenters. The first-order valence-corrected chi connectivity index (χ1v) is 6.30. The maximum absolute atomic E-state index is 13.5. The average Bonchev–Trinajstić information content (AvgIpc) is 2.48. The average molecular weight is 277 g/mol. The molecule has 0 spiro atoms. The molecule has 0 saturated heterocycles. The highest BCUT2D eigenvalue weighted by atomic mass is 19.1. The van der Waals surface area contributed by atoms with E-state index in [1.165, 1.54) is 0 Å². The van der Waals surface area contributed by atoms with E-state index in [1.54, 1.807) is 0 Å². The van der Waals surface area contributed by atoms with Crippen LogP contribution in [0.4, 0.5) is 14.5 Å². The number of hydrogen-bond acceptors (Lipinski definition) is 3. The highest BCUT2D eigenvalue weighted by molar-refractivity contribution is 5.48. The number of nitrogens with one attached hydrogen (secondary N) is 1. The maximum Gasteiger partial charge on any atom is 0.161 e. The predicted molar refractivity (Wildman–Crippen MR) is 71.1 cm³/mol. The third-order valence-corrected chi connectivity index (χ3v) is 3.02. The Morgan fingerprint density at radius 2 is 1.75 bits per heavy atom. The molecule has 0 radical (unpaired) electrons. The van der Waals surface area contributed by atoms with Crippen molar-refractivity contribution in [3.63, 3.8) is 0 Å². The topological polar surface area (TPSA) is 30.5 Å². The van der Waals surface area contributed by atoms with Crippen LogP contribution in [0.5, 0.6) is 11.5 Å². The number of anilines is 1. The van der Waals surface area contributed by atoms with Gasteiger partial charge in [-0.15, -0.1) is 0 Å². The first kappa shape index (κ1) is 12.7. The summed E-state index contributed by atoms with van der Waals surface area (Å²) in [7, 11) is 0. The fourth-order valence-electron chi connectivity index (χ4n) is 2.03. The lowest BCUT2D eigenvalue weighted by atomic mass is 10.2. The van der Waals surface area contributed by atoms with Crippen molar-refractivity contribution in [3.05, 3.63) is 53.6 Å². The number of ether oxygens (including phenoxy) is 2. The summed E-state index contributed by atoms with van der Waals surface area (Å²) in [6.07, 6.45) is 0. The molecular weight excluding hydrogens is 264 g/mol. The van der Waals surface area contributed by atoms with Gasteiger partial charge in [0, 0.05) is 6.54 Å². The van der Waals surface area contributed by atoms with E-state index in [4.69, 9.17) is 9.47 Å². The number of fused-ring (bicyclic) bond motifs is 1.